The quantitative estimate of drug-likeness (QED) is 0.288. The molecule has 2 amide bonds. The van der Waals surface area contributed by atoms with Crippen molar-refractivity contribution in [2.45, 2.75) is 40.2 Å². The molecule has 8 heteroatoms. The van der Waals surface area contributed by atoms with E-state index >= 15 is 0 Å². The summed E-state index contributed by atoms with van der Waals surface area (Å²) in [5.41, 5.74) is 3.60. The van der Waals surface area contributed by atoms with Gasteiger partial charge in [-0.25, -0.2) is 9.78 Å². The predicted octanol–water partition coefficient (Wildman–Crippen LogP) is 7.31. The molecular formula is C28H28Cl2N4O2. The van der Waals surface area contributed by atoms with E-state index in [2.05, 4.69) is 5.32 Å². The van der Waals surface area contributed by atoms with Crippen LogP contribution < -0.4 is 10.9 Å². The summed E-state index contributed by atoms with van der Waals surface area (Å²) in [5, 5.41) is 4.01. The van der Waals surface area contributed by atoms with Crippen LogP contribution in [0.5, 0.6) is 0 Å². The largest absolute Gasteiger partial charge is 0.322 e. The fourth-order valence-corrected chi connectivity index (χ4v) is 4.71. The summed E-state index contributed by atoms with van der Waals surface area (Å²) in [6.45, 7) is 8.29. The fraction of sp³-hybridized carbons (Fsp3) is 0.250. The molecular weight excluding hydrogens is 495 g/mol. The Kier molecular flexibility index (Phi) is 7.67. The molecule has 1 atom stereocenters. The second-order valence-electron chi connectivity index (χ2n) is 8.82. The van der Waals surface area contributed by atoms with Crippen LogP contribution in [0.2, 0.25) is 10.0 Å². The lowest BCUT2D eigenvalue weighted by Gasteiger charge is -2.31. The Hall–Kier alpha value is -3.35. The number of fused-ring (bicyclic) bond motifs is 1. The van der Waals surface area contributed by atoms with Crippen LogP contribution in [0.25, 0.3) is 16.6 Å². The van der Waals surface area contributed by atoms with E-state index in [1.807, 2.05) is 64.1 Å². The summed E-state index contributed by atoms with van der Waals surface area (Å²) in [4.78, 5) is 33.8. The van der Waals surface area contributed by atoms with Crippen molar-refractivity contribution in [1.29, 1.82) is 0 Å². The molecule has 0 aliphatic rings. The van der Waals surface area contributed by atoms with E-state index < -0.39 is 6.04 Å². The molecule has 0 aliphatic carbocycles. The third-order valence-electron chi connectivity index (χ3n) is 6.15. The number of benzene rings is 3. The van der Waals surface area contributed by atoms with Gasteiger partial charge in [-0.15, -0.1) is 0 Å². The summed E-state index contributed by atoms with van der Waals surface area (Å²) < 4.78 is 1.63. The van der Waals surface area contributed by atoms with Gasteiger partial charge in [0.15, 0.2) is 0 Å². The average Bonchev–Trinajstić information content (AvgIpc) is 2.85. The summed E-state index contributed by atoms with van der Waals surface area (Å²) >= 11 is 12.5. The molecule has 0 spiro atoms. The Bertz CT molecular complexity index is 1500. The molecule has 0 bridgehead atoms. The number of urea groups is 1. The van der Waals surface area contributed by atoms with E-state index in [1.165, 1.54) is 0 Å². The molecule has 4 aromatic rings. The van der Waals surface area contributed by atoms with Crippen molar-refractivity contribution in [3.63, 3.8) is 0 Å². The van der Waals surface area contributed by atoms with Gasteiger partial charge in [-0.05, 0) is 63.1 Å². The molecule has 0 aliphatic heterocycles. The second-order valence-corrected chi connectivity index (χ2v) is 9.60. The van der Waals surface area contributed by atoms with E-state index in [0.717, 1.165) is 16.8 Å². The summed E-state index contributed by atoms with van der Waals surface area (Å²) in [6.07, 6.45) is 0.711. The number of aryl methyl sites for hydroxylation is 2. The minimum Gasteiger partial charge on any atom is -0.315 e. The molecule has 0 saturated heterocycles. The van der Waals surface area contributed by atoms with Gasteiger partial charge in [0.2, 0.25) is 0 Å². The van der Waals surface area contributed by atoms with Gasteiger partial charge in [0.05, 0.1) is 38.4 Å². The number of hydrogen-bond acceptors (Lipinski definition) is 3. The van der Waals surface area contributed by atoms with Crippen molar-refractivity contribution >= 4 is 45.8 Å². The van der Waals surface area contributed by atoms with Crippen molar-refractivity contribution in [3.05, 3.63) is 98.0 Å². The normalized spacial score (nSPS) is 11.9. The first-order valence-electron chi connectivity index (χ1n) is 11.8. The molecule has 0 fully saturated rings. The highest BCUT2D eigenvalue weighted by Crippen LogP contribution is 2.31. The van der Waals surface area contributed by atoms with Gasteiger partial charge < -0.3 is 10.2 Å². The van der Waals surface area contributed by atoms with E-state index in [9.17, 15) is 9.59 Å². The van der Waals surface area contributed by atoms with E-state index in [0.29, 0.717) is 40.4 Å². The Morgan fingerprint density at radius 3 is 2.56 bits per heavy atom. The Morgan fingerprint density at radius 2 is 1.83 bits per heavy atom. The van der Waals surface area contributed by atoms with Crippen LogP contribution in [0.1, 0.15) is 43.3 Å². The number of halogens is 2. The Balaban J connectivity index is 1.86. The van der Waals surface area contributed by atoms with Crippen LogP contribution in [0, 0.1) is 13.8 Å². The first-order chi connectivity index (χ1) is 17.2. The third-order valence-corrected chi connectivity index (χ3v) is 6.97. The maximum absolute atomic E-state index is 13.8. The third kappa shape index (κ3) is 4.97. The fourth-order valence-electron chi connectivity index (χ4n) is 4.36. The Labute approximate surface area is 220 Å². The number of anilines is 1. The average molecular weight is 523 g/mol. The monoisotopic (exact) mass is 522 g/mol. The number of nitrogens with one attached hydrogen (secondary N) is 1. The molecule has 186 valence electrons. The zero-order chi connectivity index (χ0) is 26.0. The minimum atomic E-state index is -0.527. The van der Waals surface area contributed by atoms with Gasteiger partial charge in [-0.3, -0.25) is 9.36 Å². The van der Waals surface area contributed by atoms with E-state index in [4.69, 9.17) is 28.2 Å². The van der Waals surface area contributed by atoms with Gasteiger partial charge in [-0.2, -0.15) is 0 Å². The number of carbonyl (C=O) groups is 1. The molecule has 3 aromatic carbocycles. The van der Waals surface area contributed by atoms with Gasteiger partial charge in [0.25, 0.3) is 5.56 Å². The molecule has 36 heavy (non-hydrogen) atoms. The topological polar surface area (TPSA) is 67.2 Å². The minimum absolute atomic E-state index is 0.177. The molecule has 1 aromatic heterocycles. The maximum atomic E-state index is 13.8. The lowest BCUT2D eigenvalue weighted by molar-refractivity contribution is 0.189. The molecule has 1 N–H and O–H groups in total. The van der Waals surface area contributed by atoms with E-state index in [-0.39, 0.29) is 16.6 Å². The van der Waals surface area contributed by atoms with Crippen LogP contribution in [-0.4, -0.2) is 27.0 Å². The molecule has 0 radical (unpaired) electrons. The van der Waals surface area contributed by atoms with Gasteiger partial charge >= 0.3 is 6.03 Å². The zero-order valence-corrected chi connectivity index (χ0v) is 22.2. The highest BCUT2D eigenvalue weighted by molar-refractivity contribution is 6.43. The maximum Gasteiger partial charge on any atom is 0.322 e. The van der Waals surface area contributed by atoms with E-state index in [1.54, 1.807) is 33.7 Å². The summed E-state index contributed by atoms with van der Waals surface area (Å²) in [7, 11) is 0. The molecule has 6 nitrogen and oxygen atoms in total. The number of para-hydroxylation sites is 1. The Morgan fingerprint density at radius 1 is 1.08 bits per heavy atom. The van der Waals surface area contributed by atoms with Crippen molar-refractivity contribution in [2.75, 3.05) is 11.9 Å². The zero-order valence-electron chi connectivity index (χ0n) is 20.7. The highest BCUT2D eigenvalue weighted by Gasteiger charge is 2.27. The smallest absolute Gasteiger partial charge is 0.315 e. The van der Waals surface area contributed by atoms with Gasteiger partial charge in [-0.1, -0.05) is 66.0 Å². The lowest BCUT2D eigenvalue weighted by Crippen LogP contribution is -2.40. The van der Waals surface area contributed by atoms with Crippen molar-refractivity contribution < 1.29 is 4.79 Å². The van der Waals surface area contributed by atoms with Crippen LogP contribution in [0.15, 0.2) is 65.5 Å². The summed E-state index contributed by atoms with van der Waals surface area (Å²) in [6, 6.07) is 17.4. The molecule has 4 rings (SSSR count). The number of carbonyl (C=O) groups excluding carboxylic acids is 1. The standard InChI is InChI=1S/C28H28Cl2N4O2/c1-5-15-33(28(36)32-23-12-8-10-21(29)25(23)30)19(4)26-31-22-11-7-6-9-20(22)27(35)34(26)24-14-13-17(2)16-18(24)3/h6-14,16,19H,5,15H2,1-4H3,(H,32,36). The predicted molar refractivity (Wildman–Crippen MR) is 148 cm³/mol. The number of hydrogen-bond donors (Lipinski definition) is 1. The molecule has 0 saturated carbocycles. The second kappa shape index (κ2) is 10.7. The SMILES string of the molecule is CCCN(C(=O)Nc1cccc(Cl)c1Cl)C(C)c1nc2ccccc2c(=O)n1-c1ccc(C)cc1C. The summed E-state index contributed by atoms with van der Waals surface area (Å²) in [5.74, 6) is 0.478. The van der Waals surface area contributed by atoms with Crippen molar-refractivity contribution in [3.8, 4) is 5.69 Å². The number of aromatic nitrogens is 2. The van der Waals surface area contributed by atoms with Gasteiger partial charge in [0, 0.05) is 6.54 Å². The molecule has 1 heterocycles. The van der Waals surface area contributed by atoms with Crippen LogP contribution in [0.3, 0.4) is 0 Å². The van der Waals surface area contributed by atoms with Gasteiger partial charge in [0.1, 0.15) is 5.82 Å². The van der Waals surface area contributed by atoms with Crippen LogP contribution >= 0.6 is 23.2 Å². The molecule has 1 unspecified atom stereocenters. The first-order valence-corrected chi connectivity index (χ1v) is 12.6. The highest BCUT2D eigenvalue weighted by atomic mass is 35.5. The number of amides is 2. The first kappa shape index (κ1) is 25.7. The van der Waals surface area contributed by atoms with Crippen molar-refractivity contribution in [1.82, 2.24) is 14.5 Å². The lowest BCUT2D eigenvalue weighted by atomic mass is 10.1. The number of rotatable bonds is 6. The number of nitrogens with zero attached hydrogens (tertiary/aromatic N) is 3. The van der Waals surface area contributed by atoms with Crippen molar-refractivity contribution in [2.24, 2.45) is 0 Å². The van der Waals surface area contributed by atoms with Crippen LogP contribution in [-0.2, 0) is 0 Å². The van der Waals surface area contributed by atoms with Crippen LogP contribution in [0.4, 0.5) is 10.5 Å².